The molecule has 8 nitrogen and oxygen atoms in total. The van der Waals surface area contributed by atoms with E-state index in [-0.39, 0.29) is 24.0 Å². The van der Waals surface area contributed by atoms with Gasteiger partial charge in [-0.2, -0.15) is 4.98 Å². The van der Waals surface area contributed by atoms with Gasteiger partial charge in [-0.1, -0.05) is 58.9 Å². The molecule has 1 atom stereocenters. The van der Waals surface area contributed by atoms with Crippen LogP contribution in [0, 0.1) is 19.3 Å². The average Bonchev–Trinajstić information content (AvgIpc) is 3.42. The van der Waals surface area contributed by atoms with Crippen LogP contribution in [0.15, 0.2) is 78.0 Å². The second kappa shape index (κ2) is 12.8. The molecule has 0 aliphatic carbocycles. The average molecular weight is 635 g/mol. The summed E-state index contributed by atoms with van der Waals surface area (Å²) in [6, 6.07) is 19.8. The zero-order valence-electron chi connectivity index (χ0n) is 27.7. The second-order valence-electron chi connectivity index (χ2n) is 13.7. The van der Waals surface area contributed by atoms with Crippen molar-refractivity contribution in [3.05, 3.63) is 101 Å². The van der Waals surface area contributed by atoms with Crippen LogP contribution >= 0.6 is 11.9 Å². The Hall–Kier alpha value is -4.37. The molecule has 4 heterocycles. The Bertz CT molecular complexity index is 1870. The summed E-state index contributed by atoms with van der Waals surface area (Å²) in [4.78, 5) is 31.9. The first-order chi connectivity index (χ1) is 21.9. The van der Waals surface area contributed by atoms with Crippen molar-refractivity contribution in [1.29, 1.82) is 0 Å². The van der Waals surface area contributed by atoms with Crippen molar-refractivity contribution < 1.29 is 9.53 Å². The third kappa shape index (κ3) is 7.04. The van der Waals surface area contributed by atoms with Gasteiger partial charge in [0.2, 0.25) is 11.8 Å². The van der Waals surface area contributed by atoms with Gasteiger partial charge in [0.05, 0.1) is 24.0 Å². The Balaban J connectivity index is 1.43. The number of pyridine rings is 1. The van der Waals surface area contributed by atoms with E-state index in [2.05, 4.69) is 83.5 Å². The van der Waals surface area contributed by atoms with E-state index in [9.17, 15) is 4.79 Å². The smallest absolute Gasteiger partial charge is 0.254 e. The highest BCUT2D eigenvalue weighted by Crippen LogP contribution is 2.32. The molecule has 6 rings (SSSR count). The van der Waals surface area contributed by atoms with Gasteiger partial charge < -0.3 is 14.0 Å². The summed E-state index contributed by atoms with van der Waals surface area (Å²) in [6.45, 7) is 15.7. The van der Waals surface area contributed by atoms with E-state index >= 15 is 0 Å². The fourth-order valence-corrected chi connectivity index (χ4v) is 6.66. The lowest BCUT2D eigenvalue weighted by molar-refractivity contribution is 0.0509. The molecule has 1 aliphatic rings. The lowest BCUT2D eigenvalue weighted by atomic mass is 9.87. The molecule has 1 N–H and O–H groups in total. The largest absolute Gasteiger partial charge is 0.475 e. The molecular formula is C37H42N6O2S. The van der Waals surface area contributed by atoms with E-state index in [1.807, 2.05) is 52.0 Å². The van der Waals surface area contributed by atoms with Crippen molar-refractivity contribution in [3.63, 3.8) is 0 Å². The SMILES string of the molecule is Cc1cccc(C)c1-c1cc2nc(n1)NSc1cccc(c1)C(=O)N(Cc1cn3ccc(C(C)C)cc3n1)[C@H](CC(C)(C)C)CO2. The first kappa shape index (κ1) is 31.6. The summed E-state index contributed by atoms with van der Waals surface area (Å²) in [6.07, 6.45) is 4.79. The van der Waals surface area contributed by atoms with Gasteiger partial charge >= 0.3 is 0 Å². The van der Waals surface area contributed by atoms with Gasteiger partial charge in [-0.15, -0.1) is 0 Å². The standard InChI is InChI=1S/C37H42N6O2S/c1-23(2)26-14-15-42-20-28(38-32(42)17-26)21-43-29(19-37(5,6)7)22-45-33-18-31(34-24(3)10-8-11-25(34)4)39-36(40-33)41-46-30-13-9-12-27(16-30)35(43)44/h8-18,20,23,29H,19,21-22H2,1-7H3,(H,39,40,41)/t29-/m1/s1. The first-order valence-corrected chi connectivity index (χ1v) is 16.6. The maximum atomic E-state index is 14.5. The predicted molar refractivity (Wildman–Crippen MR) is 185 cm³/mol. The molecule has 0 saturated carbocycles. The van der Waals surface area contributed by atoms with Crippen LogP contribution in [-0.2, 0) is 6.54 Å². The van der Waals surface area contributed by atoms with Crippen LogP contribution in [0.2, 0.25) is 0 Å². The van der Waals surface area contributed by atoms with Crippen molar-refractivity contribution >= 4 is 29.5 Å². The number of carbonyl (C=O) groups is 1. The molecule has 9 heteroatoms. The van der Waals surface area contributed by atoms with Crippen LogP contribution in [0.5, 0.6) is 5.88 Å². The second-order valence-corrected chi connectivity index (χ2v) is 14.6. The Morgan fingerprint density at radius 3 is 2.50 bits per heavy atom. The normalized spacial score (nSPS) is 15.6. The predicted octanol–water partition coefficient (Wildman–Crippen LogP) is 8.49. The van der Waals surface area contributed by atoms with Crippen LogP contribution in [0.25, 0.3) is 16.9 Å². The number of aryl methyl sites for hydroxylation is 2. The van der Waals surface area contributed by atoms with Gasteiger partial charge in [0, 0.05) is 34.5 Å². The fraction of sp³-hybridized carbons (Fsp3) is 0.351. The van der Waals surface area contributed by atoms with E-state index in [4.69, 9.17) is 19.7 Å². The molecule has 0 fully saturated rings. The number of benzene rings is 2. The Morgan fingerprint density at radius 2 is 1.76 bits per heavy atom. The number of hydrogen-bond acceptors (Lipinski definition) is 7. The third-order valence-electron chi connectivity index (χ3n) is 8.29. The number of imidazole rings is 1. The zero-order valence-corrected chi connectivity index (χ0v) is 28.5. The summed E-state index contributed by atoms with van der Waals surface area (Å²) < 4.78 is 11.8. The molecule has 5 aromatic rings. The number of hydrogen-bond donors (Lipinski definition) is 1. The number of carbonyl (C=O) groups excluding carboxylic acids is 1. The van der Waals surface area contributed by atoms with Gasteiger partial charge in [-0.05, 0) is 90.6 Å². The van der Waals surface area contributed by atoms with Gasteiger partial charge in [0.15, 0.2) is 0 Å². The van der Waals surface area contributed by atoms with Gasteiger partial charge in [-0.25, -0.2) is 9.97 Å². The molecule has 3 aromatic heterocycles. The highest BCUT2D eigenvalue weighted by molar-refractivity contribution is 8.00. The van der Waals surface area contributed by atoms with Crippen molar-refractivity contribution in [2.24, 2.45) is 5.41 Å². The van der Waals surface area contributed by atoms with E-state index in [0.29, 0.717) is 29.9 Å². The molecule has 0 radical (unpaired) electrons. The Morgan fingerprint density at radius 1 is 1.00 bits per heavy atom. The van der Waals surface area contributed by atoms with Crippen LogP contribution in [0.1, 0.15) is 79.7 Å². The minimum Gasteiger partial charge on any atom is -0.475 e. The number of nitrogens with one attached hydrogen (secondary N) is 1. The molecule has 1 amide bonds. The number of rotatable bonds is 5. The summed E-state index contributed by atoms with van der Waals surface area (Å²) in [7, 11) is 0. The monoisotopic (exact) mass is 634 g/mol. The third-order valence-corrected chi connectivity index (χ3v) is 9.06. The van der Waals surface area contributed by atoms with Crippen LogP contribution < -0.4 is 9.46 Å². The highest BCUT2D eigenvalue weighted by Gasteiger charge is 2.31. The molecule has 0 saturated heterocycles. The van der Waals surface area contributed by atoms with Crippen LogP contribution in [-0.4, -0.2) is 42.8 Å². The Labute approximate surface area is 275 Å². The summed E-state index contributed by atoms with van der Waals surface area (Å²) in [5.74, 6) is 1.25. The number of amides is 1. The Kier molecular flexibility index (Phi) is 8.79. The number of ether oxygens (including phenoxy) is 1. The minimum absolute atomic E-state index is 0.0616. The van der Waals surface area contributed by atoms with Gasteiger partial charge in [-0.3, -0.25) is 9.52 Å². The molecular weight excluding hydrogens is 593 g/mol. The first-order valence-electron chi connectivity index (χ1n) is 15.8. The van der Waals surface area contributed by atoms with Gasteiger partial charge in [0.1, 0.15) is 12.3 Å². The number of fused-ring (bicyclic) bond motifs is 5. The number of anilines is 1. The summed E-state index contributed by atoms with van der Waals surface area (Å²) in [5.41, 5.74) is 7.57. The quantitative estimate of drug-likeness (QED) is 0.194. The van der Waals surface area contributed by atoms with Crippen molar-refractivity contribution in [2.75, 3.05) is 11.3 Å². The highest BCUT2D eigenvalue weighted by atomic mass is 32.2. The molecule has 238 valence electrons. The maximum Gasteiger partial charge on any atom is 0.254 e. The van der Waals surface area contributed by atoms with Crippen LogP contribution in [0.3, 0.4) is 0 Å². The molecule has 46 heavy (non-hydrogen) atoms. The summed E-state index contributed by atoms with van der Waals surface area (Å²) >= 11 is 1.37. The summed E-state index contributed by atoms with van der Waals surface area (Å²) in [5, 5.41) is 0. The topological polar surface area (TPSA) is 84.7 Å². The minimum atomic E-state index is -0.254. The maximum absolute atomic E-state index is 14.5. The number of aromatic nitrogens is 4. The van der Waals surface area contributed by atoms with Crippen LogP contribution in [0.4, 0.5) is 5.95 Å². The van der Waals surface area contributed by atoms with E-state index in [1.54, 1.807) is 0 Å². The lowest BCUT2D eigenvalue weighted by Gasteiger charge is -2.35. The number of nitrogens with zero attached hydrogens (tertiary/aromatic N) is 5. The zero-order chi connectivity index (χ0) is 32.6. The lowest BCUT2D eigenvalue weighted by Crippen LogP contribution is -2.45. The van der Waals surface area contributed by atoms with Crippen molar-refractivity contribution in [2.45, 2.75) is 78.3 Å². The molecule has 0 unspecified atom stereocenters. The fourth-order valence-electron chi connectivity index (χ4n) is 6.03. The van der Waals surface area contributed by atoms with E-state index < -0.39 is 0 Å². The molecule has 0 spiro atoms. The molecule has 1 aliphatic heterocycles. The van der Waals surface area contributed by atoms with E-state index in [0.717, 1.165) is 45.0 Å². The van der Waals surface area contributed by atoms with E-state index in [1.165, 1.54) is 17.5 Å². The van der Waals surface area contributed by atoms with Crippen molar-refractivity contribution in [3.8, 4) is 17.1 Å². The molecule has 4 bridgehead atoms. The van der Waals surface area contributed by atoms with Crippen molar-refractivity contribution in [1.82, 2.24) is 24.3 Å². The van der Waals surface area contributed by atoms with Gasteiger partial charge in [0.25, 0.3) is 5.91 Å². The molecule has 2 aromatic carbocycles.